The van der Waals surface area contributed by atoms with Crippen molar-refractivity contribution in [1.82, 2.24) is 10.3 Å². The minimum Gasteiger partial charge on any atom is -0.321 e. The van der Waals surface area contributed by atoms with Gasteiger partial charge in [0.05, 0.1) is 16.2 Å². The third-order valence-electron chi connectivity index (χ3n) is 5.03. The van der Waals surface area contributed by atoms with E-state index in [-0.39, 0.29) is 28.2 Å². The Morgan fingerprint density at radius 1 is 1.21 bits per heavy atom. The van der Waals surface area contributed by atoms with Crippen molar-refractivity contribution >= 4 is 41.2 Å². The maximum Gasteiger partial charge on any atom is 0.274 e. The van der Waals surface area contributed by atoms with Gasteiger partial charge in [0.25, 0.3) is 11.8 Å². The van der Waals surface area contributed by atoms with Crippen molar-refractivity contribution in [2.24, 2.45) is 0 Å². The van der Waals surface area contributed by atoms with E-state index in [0.29, 0.717) is 24.9 Å². The second-order valence-corrected chi connectivity index (χ2v) is 7.06. The molecule has 1 saturated carbocycles. The molecule has 0 aliphatic heterocycles. The Kier molecular flexibility index (Phi) is 6.06. The summed E-state index contributed by atoms with van der Waals surface area (Å²) in [6.07, 6.45) is 5.19. The summed E-state index contributed by atoms with van der Waals surface area (Å²) in [5, 5.41) is 5.96. The van der Waals surface area contributed by atoms with Crippen molar-refractivity contribution in [3.8, 4) is 0 Å². The van der Waals surface area contributed by atoms with E-state index in [1.165, 1.54) is 12.3 Å². The van der Waals surface area contributed by atoms with Crippen LogP contribution >= 0.6 is 11.6 Å². The van der Waals surface area contributed by atoms with Gasteiger partial charge in [-0.3, -0.25) is 24.3 Å². The van der Waals surface area contributed by atoms with E-state index in [2.05, 4.69) is 15.6 Å². The highest BCUT2D eigenvalue weighted by molar-refractivity contribution is 6.35. The number of aromatic nitrogens is 1. The zero-order chi connectivity index (χ0) is 20.1. The van der Waals surface area contributed by atoms with Crippen LogP contribution in [0.4, 0.5) is 11.4 Å². The number of imide groups is 1. The van der Waals surface area contributed by atoms with Crippen LogP contribution in [0.2, 0.25) is 5.02 Å². The van der Waals surface area contributed by atoms with Crippen molar-refractivity contribution in [3.63, 3.8) is 0 Å². The minimum atomic E-state index is -0.754. The zero-order valence-electron chi connectivity index (χ0n) is 15.4. The molecule has 2 N–H and O–H groups in total. The summed E-state index contributed by atoms with van der Waals surface area (Å²) in [7, 11) is 1.73. The molecule has 1 heterocycles. The van der Waals surface area contributed by atoms with E-state index < -0.39 is 5.54 Å². The van der Waals surface area contributed by atoms with E-state index >= 15 is 0 Å². The van der Waals surface area contributed by atoms with Crippen LogP contribution in [-0.4, -0.2) is 35.8 Å². The number of halogens is 1. The molecule has 0 saturated heterocycles. The van der Waals surface area contributed by atoms with Crippen LogP contribution in [0, 0.1) is 0 Å². The van der Waals surface area contributed by atoms with Crippen LogP contribution < -0.4 is 15.5 Å². The second kappa shape index (κ2) is 8.50. The zero-order valence-corrected chi connectivity index (χ0v) is 16.2. The molecule has 7 nitrogen and oxygen atoms in total. The quantitative estimate of drug-likeness (QED) is 0.727. The molecule has 3 rings (SSSR count). The maximum atomic E-state index is 13.0. The summed E-state index contributed by atoms with van der Waals surface area (Å²) in [6, 6.07) is 9.66. The van der Waals surface area contributed by atoms with Crippen molar-refractivity contribution in [2.75, 3.05) is 17.3 Å². The van der Waals surface area contributed by atoms with Gasteiger partial charge in [0.1, 0.15) is 5.69 Å². The Balaban J connectivity index is 1.81. The van der Waals surface area contributed by atoms with Gasteiger partial charge in [0.2, 0.25) is 6.41 Å². The Labute approximate surface area is 168 Å². The first-order valence-electron chi connectivity index (χ1n) is 9.00. The number of pyridine rings is 1. The number of carbonyl (C=O) groups is 3. The smallest absolute Gasteiger partial charge is 0.274 e. The molecule has 2 aromatic rings. The van der Waals surface area contributed by atoms with Crippen molar-refractivity contribution < 1.29 is 14.4 Å². The van der Waals surface area contributed by atoms with E-state index in [4.69, 9.17) is 11.6 Å². The predicted molar refractivity (Wildman–Crippen MR) is 107 cm³/mol. The normalized spacial score (nSPS) is 15.1. The van der Waals surface area contributed by atoms with Gasteiger partial charge >= 0.3 is 0 Å². The van der Waals surface area contributed by atoms with E-state index in [1.807, 2.05) is 0 Å². The number of hydrogen-bond acceptors (Lipinski definition) is 5. The highest BCUT2D eigenvalue weighted by Crippen LogP contribution is 2.35. The highest BCUT2D eigenvalue weighted by Gasteiger charge is 2.43. The van der Waals surface area contributed by atoms with Crippen LogP contribution in [-0.2, 0) is 9.59 Å². The fraction of sp³-hybridized carbons (Fsp3) is 0.300. The van der Waals surface area contributed by atoms with Crippen LogP contribution in [0.15, 0.2) is 42.6 Å². The molecular weight excluding hydrogens is 380 g/mol. The van der Waals surface area contributed by atoms with Gasteiger partial charge in [-0.05, 0) is 50.2 Å². The Hall–Kier alpha value is -2.77. The topological polar surface area (TPSA) is 91.4 Å². The molecule has 8 heteroatoms. The Morgan fingerprint density at radius 3 is 2.54 bits per heavy atom. The fourth-order valence-corrected chi connectivity index (χ4v) is 3.74. The summed E-state index contributed by atoms with van der Waals surface area (Å²) in [5.74, 6) is -0.706. The number of likely N-dealkylation sites (N-methyl/N-ethyl adjacent to an activating group) is 1. The molecule has 0 spiro atoms. The lowest BCUT2D eigenvalue weighted by Gasteiger charge is -2.31. The van der Waals surface area contributed by atoms with E-state index in [9.17, 15) is 14.4 Å². The number of amides is 3. The molecular formula is C20H21ClN4O3. The molecule has 0 bridgehead atoms. The number of nitrogens with zero attached hydrogens (tertiary/aromatic N) is 2. The number of anilines is 2. The van der Waals surface area contributed by atoms with Crippen LogP contribution in [0.25, 0.3) is 0 Å². The molecule has 0 radical (unpaired) electrons. The molecule has 28 heavy (non-hydrogen) atoms. The van der Waals surface area contributed by atoms with Crippen LogP contribution in [0.5, 0.6) is 0 Å². The van der Waals surface area contributed by atoms with Crippen molar-refractivity contribution in [3.05, 3.63) is 53.3 Å². The van der Waals surface area contributed by atoms with Gasteiger partial charge in [-0.25, -0.2) is 0 Å². The largest absolute Gasteiger partial charge is 0.321 e. The number of hydrogen-bond donors (Lipinski definition) is 2. The number of rotatable bonds is 6. The molecule has 1 aliphatic carbocycles. The van der Waals surface area contributed by atoms with Crippen molar-refractivity contribution in [1.29, 1.82) is 0 Å². The molecule has 0 unspecified atom stereocenters. The highest BCUT2D eigenvalue weighted by atomic mass is 35.5. The number of benzene rings is 1. The number of nitrogens with one attached hydrogen (secondary N) is 2. The summed E-state index contributed by atoms with van der Waals surface area (Å²) >= 11 is 6.33. The molecule has 0 atom stereocenters. The lowest BCUT2D eigenvalue weighted by Crippen LogP contribution is -2.55. The predicted octanol–water partition coefficient (Wildman–Crippen LogP) is 3.01. The van der Waals surface area contributed by atoms with E-state index in [0.717, 1.165) is 17.7 Å². The third-order valence-corrected chi connectivity index (χ3v) is 5.33. The van der Waals surface area contributed by atoms with E-state index in [1.54, 1.807) is 37.4 Å². The van der Waals surface area contributed by atoms with Gasteiger partial charge < -0.3 is 10.6 Å². The molecule has 146 valence electrons. The first kappa shape index (κ1) is 20.0. The average Bonchev–Trinajstić information content (AvgIpc) is 3.21. The Morgan fingerprint density at radius 2 is 1.96 bits per heavy atom. The standard InChI is InChI=1S/C20H21ClN4O3/c1-22-20(9-3-4-10-20)19(28)25(13-26)17-8-7-14(12-15(17)21)24-18(27)16-6-2-5-11-23-16/h2,5-8,11-13,22H,3-4,9-10H2,1H3,(H,24,27). The average molecular weight is 401 g/mol. The second-order valence-electron chi connectivity index (χ2n) is 6.66. The summed E-state index contributed by atoms with van der Waals surface area (Å²) < 4.78 is 0. The lowest BCUT2D eigenvalue weighted by atomic mass is 9.95. The fourth-order valence-electron chi connectivity index (χ4n) is 3.47. The Bertz CT molecular complexity index is 882. The first-order chi connectivity index (χ1) is 13.5. The molecule has 3 amide bonds. The SMILES string of the molecule is CNC1(C(=O)N(C=O)c2ccc(NC(=O)c3ccccn3)cc2Cl)CCCC1. The van der Waals surface area contributed by atoms with Gasteiger partial charge in [-0.2, -0.15) is 0 Å². The maximum absolute atomic E-state index is 13.0. The van der Waals surface area contributed by atoms with Gasteiger partial charge in [0.15, 0.2) is 0 Å². The third kappa shape index (κ3) is 3.90. The van der Waals surface area contributed by atoms with Gasteiger partial charge in [-0.1, -0.05) is 30.5 Å². The minimum absolute atomic E-state index is 0.184. The van der Waals surface area contributed by atoms with Crippen molar-refractivity contribution in [2.45, 2.75) is 31.2 Å². The van der Waals surface area contributed by atoms with Crippen LogP contribution in [0.1, 0.15) is 36.2 Å². The first-order valence-corrected chi connectivity index (χ1v) is 9.38. The lowest BCUT2D eigenvalue weighted by molar-refractivity contribution is -0.127. The molecule has 1 aliphatic rings. The number of carbonyl (C=O) groups excluding carboxylic acids is 3. The molecule has 1 aromatic heterocycles. The monoisotopic (exact) mass is 400 g/mol. The van der Waals surface area contributed by atoms with Gasteiger partial charge in [-0.15, -0.1) is 0 Å². The van der Waals surface area contributed by atoms with Crippen LogP contribution in [0.3, 0.4) is 0 Å². The molecule has 1 aromatic carbocycles. The van der Waals surface area contributed by atoms with Gasteiger partial charge in [0, 0.05) is 11.9 Å². The summed E-state index contributed by atoms with van der Waals surface area (Å²) in [4.78, 5) is 42.0. The molecule has 1 fully saturated rings. The summed E-state index contributed by atoms with van der Waals surface area (Å²) in [5.41, 5.74) is 0.228. The summed E-state index contributed by atoms with van der Waals surface area (Å²) in [6.45, 7) is 0.